The first-order valence-electron chi connectivity index (χ1n) is 18.6. The van der Waals surface area contributed by atoms with Gasteiger partial charge in [-0.25, -0.2) is 0 Å². The lowest BCUT2D eigenvalue weighted by Crippen LogP contribution is -2.59. The quantitative estimate of drug-likeness (QED) is 0.168. The molecule has 0 spiro atoms. The summed E-state index contributed by atoms with van der Waals surface area (Å²) >= 11 is 0. The molecule has 276 valence electrons. The Hall–Kier alpha value is -2.27. The molecule has 2 aromatic carbocycles. The predicted octanol–water partition coefficient (Wildman–Crippen LogP) is 8.40. The van der Waals surface area contributed by atoms with Crippen LogP contribution >= 0.6 is 0 Å². The van der Waals surface area contributed by atoms with E-state index in [1.807, 2.05) is 13.8 Å². The molecule has 10 atom stereocenters. The molecule has 4 aliphatic carbocycles. The van der Waals surface area contributed by atoms with Gasteiger partial charge >= 0.3 is 5.97 Å². The maximum absolute atomic E-state index is 13.9. The van der Waals surface area contributed by atoms with Gasteiger partial charge in [-0.15, -0.1) is 0 Å². The molecule has 4 fully saturated rings. The fourth-order valence-electron chi connectivity index (χ4n) is 11.1. The second kappa shape index (κ2) is 14.3. The van der Waals surface area contributed by atoms with E-state index < -0.39 is 32.4 Å². The third-order valence-electron chi connectivity index (χ3n) is 13.8. The average molecular weight is 729 g/mol. The van der Waals surface area contributed by atoms with Gasteiger partial charge in [0.25, 0.3) is 20.2 Å². The van der Waals surface area contributed by atoms with Crippen molar-refractivity contribution >= 4 is 26.2 Å². The van der Waals surface area contributed by atoms with Crippen molar-refractivity contribution in [3.8, 4) is 0 Å². The molecule has 0 saturated heterocycles. The smallest absolute Gasteiger partial charge is 0.305 e. The Kier molecular flexibility index (Phi) is 10.7. The summed E-state index contributed by atoms with van der Waals surface area (Å²) in [6, 6.07) is 13.5. The number of aryl methyl sites for hydroxylation is 2. The maximum atomic E-state index is 13.9. The van der Waals surface area contributed by atoms with E-state index in [4.69, 9.17) is 13.1 Å². The van der Waals surface area contributed by atoms with Crippen molar-refractivity contribution in [1.82, 2.24) is 0 Å². The number of methoxy groups -OCH3 is 1. The number of benzene rings is 2. The molecule has 0 aliphatic heterocycles. The van der Waals surface area contributed by atoms with Crippen molar-refractivity contribution in [2.24, 2.45) is 46.3 Å². The molecular weight excluding hydrogens is 673 g/mol. The van der Waals surface area contributed by atoms with Crippen molar-refractivity contribution in [2.45, 2.75) is 127 Å². The van der Waals surface area contributed by atoms with Crippen LogP contribution in [0, 0.1) is 60.2 Å². The van der Waals surface area contributed by atoms with Crippen LogP contribution in [0.25, 0.3) is 0 Å². The molecular formula is C40H56O8S2. The summed E-state index contributed by atoms with van der Waals surface area (Å²) in [7, 11) is -6.62. The first-order valence-corrected chi connectivity index (χ1v) is 21.5. The monoisotopic (exact) mass is 728 g/mol. The van der Waals surface area contributed by atoms with Crippen LogP contribution in [-0.4, -0.2) is 42.1 Å². The van der Waals surface area contributed by atoms with E-state index in [1.165, 1.54) is 7.11 Å². The zero-order chi connectivity index (χ0) is 36.1. The van der Waals surface area contributed by atoms with Gasteiger partial charge in [0, 0.05) is 6.42 Å². The topological polar surface area (TPSA) is 113 Å². The molecule has 8 nitrogen and oxygen atoms in total. The summed E-state index contributed by atoms with van der Waals surface area (Å²) in [5, 5.41) is 0. The van der Waals surface area contributed by atoms with Gasteiger partial charge in [-0.1, -0.05) is 56.2 Å². The van der Waals surface area contributed by atoms with Gasteiger partial charge in [0.2, 0.25) is 0 Å². The van der Waals surface area contributed by atoms with Crippen LogP contribution in [0.5, 0.6) is 0 Å². The second-order valence-electron chi connectivity index (χ2n) is 16.6. The van der Waals surface area contributed by atoms with Crippen LogP contribution in [0.1, 0.15) is 103 Å². The van der Waals surface area contributed by atoms with Crippen molar-refractivity contribution in [3.63, 3.8) is 0 Å². The molecule has 10 heteroatoms. The summed E-state index contributed by atoms with van der Waals surface area (Å²) in [5.74, 6) is 1.87. The third-order valence-corrected chi connectivity index (χ3v) is 16.5. The highest BCUT2D eigenvalue weighted by Gasteiger charge is 2.63. The summed E-state index contributed by atoms with van der Waals surface area (Å²) in [5.41, 5.74) is 1.86. The Morgan fingerprint density at radius 2 is 1.32 bits per heavy atom. The Bertz CT molecular complexity index is 1740. The maximum Gasteiger partial charge on any atom is 0.305 e. The van der Waals surface area contributed by atoms with Crippen LogP contribution in [0.4, 0.5) is 0 Å². The Morgan fingerprint density at radius 3 is 1.92 bits per heavy atom. The zero-order valence-electron chi connectivity index (χ0n) is 30.6. The molecule has 2 aromatic rings. The number of esters is 1. The predicted molar refractivity (Wildman–Crippen MR) is 192 cm³/mol. The second-order valence-corrected chi connectivity index (χ2v) is 19.7. The van der Waals surface area contributed by atoms with Gasteiger partial charge in [-0.2, -0.15) is 16.8 Å². The van der Waals surface area contributed by atoms with Crippen LogP contribution in [0.15, 0.2) is 58.3 Å². The highest BCUT2D eigenvalue weighted by Crippen LogP contribution is 2.69. The van der Waals surface area contributed by atoms with Crippen molar-refractivity contribution < 1.29 is 34.7 Å². The van der Waals surface area contributed by atoms with Crippen LogP contribution < -0.4 is 0 Å². The van der Waals surface area contributed by atoms with Gasteiger partial charge in [0.15, 0.2) is 0 Å². The minimum Gasteiger partial charge on any atom is -0.469 e. The SMILES string of the molecule is COC(=O)CCCC(C)C1CCC2C3C[C@H](OS(=O)(=O)c4ccc(C)cc4)C4C[C@H](OS(=O)(=O)c5ccc(C)cc5)CC[C@]4(C)C3CC[C@]12C. The van der Waals surface area contributed by atoms with E-state index in [9.17, 15) is 21.6 Å². The Labute approximate surface area is 300 Å². The van der Waals surface area contributed by atoms with Crippen LogP contribution in [-0.2, 0) is 38.1 Å². The average Bonchev–Trinajstić information content (AvgIpc) is 3.43. The lowest BCUT2D eigenvalue weighted by molar-refractivity contribution is -0.163. The molecule has 50 heavy (non-hydrogen) atoms. The molecule has 4 aliphatic rings. The molecule has 0 amide bonds. The molecule has 0 heterocycles. The molecule has 6 unspecified atom stereocenters. The van der Waals surface area contributed by atoms with Crippen LogP contribution in [0.3, 0.4) is 0 Å². The molecule has 0 aromatic heterocycles. The first kappa shape index (κ1) is 37.5. The Morgan fingerprint density at radius 1 is 0.760 bits per heavy atom. The van der Waals surface area contributed by atoms with E-state index in [1.54, 1.807) is 48.5 Å². The van der Waals surface area contributed by atoms with Gasteiger partial charge in [0.05, 0.1) is 29.1 Å². The summed E-state index contributed by atoms with van der Waals surface area (Å²) in [4.78, 5) is 12.1. The number of fused-ring (bicyclic) bond motifs is 5. The molecule has 6 rings (SSSR count). The van der Waals surface area contributed by atoms with Gasteiger partial charge in [-0.05, 0) is 149 Å². The fourth-order valence-corrected chi connectivity index (χ4v) is 13.4. The summed E-state index contributed by atoms with van der Waals surface area (Å²) < 4.78 is 71.7. The summed E-state index contributed by atoms with van der Waals surface area (Å²) in [6.45, 7) is 11.0. The zero-order valence-corrected chi connectivity index (χ0v) is 32.2. The lowest BCUT2D eigenvalue weighted by Gasteiger charge is -2.62. The Balaban J connectivity index is 1.27. The van der Waals surface area contributed by atoms with E-state index in [0.29, 0.717) is 55.3 Å². The van der Waals surface area contributed by atoms with Crippen molar-refractivity contribution in [3.05, 3.63) is 59.7 Å². The number of ether oxygens (including phenoxy) is 1. The van der Waals surface area contributed by atoms with E-state index in [-0.39, 0.29) is 32.5 Å². The first-order chi connectivity index (χ1) is 23.6. The molecule has 4 saturated carbocycles. The van der Waals surface area contributed by atoms with Crippen molar-refractivity contribution in [1.29, 1.82) is 0 Å². The number of rotatable bonds is 11. The minimum atomic E-state index is -4.07. The normalized spacial score (nSPS) is 34.6. The minimum absolute atomic E-state index is 0.136. The summed E-state index contributed by atoms with van der Waals surface area (Å²) in [6.07, 6.45) is 8.00. The fraction of sp³-hybridized carbons (Fsp3) is 0.675. The molecule has 0 radical (unpaired) electrons. The van der Waals surface area contributed by atoms with Crippen LogP contribution in [0.2, 0.25) is 0 Å². The highest BCUT2D eigenvalue weighted by molar-refractivity contribution is 7.87. The number of hydrogen-bond donors (Lipinski definition) is 0. The number of carbonyl (C=O) groups is 1. The third kappa shape index (κ3) is 7.20. The number of hydrogen-bond acceptors (Lipinski definition) is 8. The van der Waals surface area contributed by atoms with Gasteiger partial charge < -0.3 is 4.74 Å². The van der Waals surface area contributed by atoms with E-state index in [2.05, 4.69) is 20.8 Å². The van der Waals surface area contributed by atoms with E-state index >= 15 is 0 Å². The van der Waals surface area contributed by atoms with Crippen molar-refractivity contribution in [2.75, 3.05) is 7.11 Å². The van der Waals surface area contributed by atoms with Gasteiger partial charge in [-0.3, -0.25) is 13.2 Å². The van der Waals surface area contributed by atoms with Gasteiger partial charge in [0.1, 0.15) is 0 Å². The standard InChI is InChI=1S/C40H56O8S2/c1-26-10-14-30(15-11-26)49(42,43)47-29-20-22-40(5)35-21-23-39(4)33(28(3)8-7-9-38(41)46-6)18-19-34(39)32(35)25-37(36(40)24-29)48-50(44,45)31-16-12-27(2)13-17-31/h10-17,28-29,32-37H,7-9,18-25H2,1-6H3/t28?,29-,32?,33?,34?,35?,36?,37+,39-,40-/m1/s1. The highest BCUT2D eigenvalue weighted by atomic mass is 32.2. The lowest BCUT2D eigenvalue weighted by atomic mass is 9.43. The number of carbonyl (C=O) groups excluding carboxylic acids is 1. The molecule has 0 N–H and O–H groups in total. The largest absolute Gasteiger partial charge is 0.469 e. The molecule has 0 bridgehead atoms. The van der Waals surface area contributed by atoms with E-state index in [0.717, 1.165) is 56.1 Å².